The molecule has 2 aromatic rings. The first-order valence-corrected chi connectivity index (χ1v) is 11.6. The van der Waals surface area contributed by atoms with Crippen LogP contribution in [0.15, 0.2) is 57.0 Å². The number of aliphatic imine (C=N–C) groups is 1. The summed E-state index contributed by atoms with van der Waals surface area (Å²) in [4.78, 5) is 4.67. The minimum absolute atomic E-state index is 0. The first kappa shape index (κ1) is 27.4. The van der Waals surface area contributed by atoms with E-state index in [9.17, 15) is 8.42 Å². The number of hydrogen-bond acceptors (Lipinski definition) is 5. The molecule has 0 fully saturated rings. The van der Waals surface area contributed by atoms with Crippen molar-refractivity contribution in [2.45, 2.75) is 38.1 Å². The van der Waals surface area contributed by atoms with E-state index in [0.29, 0.717) is 38.1 Å². The second-order valence-electron chi connectivity index (χ2n) is 7.33. The number of ether oxygens (including phenoxy) is 1. The molecule has 0 aliphatic rings. The molecule has 0 amide bonds. The highest BCUT2D eigenvalue weighted by Crippen LogP contribution is 2.09. The van der Waals surface area contributed by atoms with Gasteiger partial charge in [0.15, 0.2) is 5.96 Å². The van der Waals surface area contributed by atoms with Crippen LogP contribution >= 0.6 is 24.0 Å². The highest BCUT2D eigenvalue weighted by molar-refractivity contribution is 14.0. The Morgan fingerprint density at radius 2 is 1.84 bits per heavy atom. The van der Waals surface area contributed by atoms with Crippen molar-refractivity contribution in [2.24, 2.45) is 16.0 Å². The monoisotopic (exact) mass is 564 g/mol. The zero-order chi connectivity index (χ0) is 21.8. The Morgan fingerprint density at radius 1 is 1.13 bits per heavy atom. The number of halogens is 1. The van der Waals surface area contributed by atoms with Gasteiger partial charge >= 0.3 is 0 Å². The molecular weight excluding hydrogens is 531 g/mol. The van der Waals surface area contributed by atoms with Gasteiger partial charge in [0.2, 0.25) is 10.0 Å². The largest absolute Gasteiger partial charge is 0.469 e. The SMILES string of the molecule is CC(C)CCOCCNC(=NCc1ccc(S(N)(=O)=O)cc1)NCCc1ccco1.I. The maximum absolute atomic E-state index is 11.4. The van der Waals surface area contributed by atoms with Crippen LogP contribution in [0.1, 0.15) is 31.6 Å². The maximum atomic E-state index is 11.4. The number of hydrogen-bond donors (Lipinski definition) is 3. The molecule has 0 aliphatic heterocycles. The van der Waals surface area contributed by atoms with Gasteiger partial charge in [0.1, 0.15) is 5.76 Å². The fraction of sp³-hybridized carbons (Fsp3) is 0.476. The Kier molecular flexibility index (Phi) is 12.8. The van der Waals surface area contributed by atoms with Crippen molar-refractivity contribution in [3.63, 3.8) is 0 Å². The Hall–Kier alpha value is -1.63. The molecule has 0 radical (unpaired) electrons. The van der Waals surface area contributed by atoms with E-state index in [0.717, 1.165) is 30.8 Å². The van der Waals surface area contributed by atoms with Crippen LogP contribution in [0.25, 0.3) is 0 Å². The third-order valence-electron chi connectivity index (χ3n) is 4.29. The van der Waals surface area contributed by atoms with Crippen molar-refractivity contribution in [1.82, 2.24) is 10.6 Å². The van der Waals surface area contributed by atoms with Crippen molar-refractivity contribution in [3.8, 4) is 0 Å². The van der Waals surface area contributed by atoms with Gasteiger partial charge in [-0.25, -0.2) is 18.5 Å². The van der Waals surface area contributed by atoms with E-state index in [1.807, 2.05) is 12.1 Å². The lowest BCUT2D eigenvalue weighted by molar-refractivity contribution is 0.128. The van der Waals surface area contributed by atoms with Crippen molar-refractivity contribution < 1.29 is 17.6 Å². The summed E-state index contributed by atoms with van der Waals surface area (Å²) in [5.41, 5.74) is 0.878. The fourth-order valence-electron chi connectivity index (χ4n) is 2.55. The van der Waals surface area contributed by atoms with Crippen molar-refractivity contribution >= 4 is 40.0 Å². The average molecular weight is 564 g/mol. The Balaban J connectivity index is 0.00000480. The molecule has 0 atom stereocenters. The van der Waals surface area contributed by atoms with Crippen LogP contribution in [0, 0.1) is 5.92 Å². The highest BCUT2D eigenvalue weighted by atomic mass is 127. The molecule has 0 spiro atoms. The molecule has 174 valence electrons. The first-order valence-electron chi connectivity index (χ1n) is 10.1. The van der Waals surface area contributed by atoms with Crippen LogP contribution in [-0.4, -0.2) is 40.7 Å². The molecule has 0 bridgehead atoms. The number of sulfonamides is 1. The lowest BCUT2D eigenvalue weighted by atomic mass is 10.1. The topological polar surface area (TPSA) is 119 Å². The predicted octanol–water partition coefficient (Wildman–Crippen LogP) is 2.89. The molecule has 1 heterocycles. The lowest BCUT2D eigenvalue weighted by Crippen LogP contribution is -2.40. The quantitative estimate of drug-likeness (QED) is 0.158. The number of benzene rings is 1. The zero-order valence-electron chi connectivity index (χ0n) is 18.0. The van der Waals surface area contributed by atoms with E-state index in [1.54, 1.807) is 18.4 Å². The molecule has 0 saturated carbocycles. The molecule has 1 aromatic heterocycles. The number of rotatable bonds is 12. The lowest BCUT2D eigenvalue weighted by Gasteiger charge is -2.13. The van der Waals surface area contributed by atoms with Crippen LogP contribution in [0.2, 0.25) is 0 Å². The third-order valence-corrected chi connectivity index (χ3v) is 5.22. The zero-order valence-corrected chi connectivity index (χ0v) is 21.2. The summed E-state index contributed by atoms with van der Waals surface area (Å²) in [6.07, 6.45) is 3.43. The molecule has 31 heavy (non-hydrogen) atoms. The van der Waals surface area contributed by atoms with Crippen LogP contribution in [0.5, 0.6) is 0 Å². The van der Waals surface area contributed by atoms with Crippen molar-refractivity contribution in [2.75, 3.05) is 26.3 Å². The van der Waals surface area contributed by atoms with Crippen LogP contribution < -0.4 is 15.8 Å². The van der Waals surface area contributed by atoms with Gasteiger partial charge in [-0.15, -0.1) is 24.0 Å². The molecule has 8 nitrogen and oxygen atoms in total. The Morgan fingerprint density at radius 3 is 2.45 bits per heavy atom. The van der Waals surface area contributed by atoms with Gasteiger partial charge in [0, 0.05) is 26.1 Å². The maximum Gasteiger partial charge on any atom is 0.238 e. The average Bonchev–Trinajstić information content (AvgIpc) is 3.21. The van der Waals surface area contributed by atoms with Gasteiger partial charge in [-0.2, -0.15) is 0 Å². The fourth-order valence-corrected chi connectivity index (χ4v) is 3.07. The minimum Gasteiger partial charge on any atom is -0.469 e. The molecule has 4 N–H and O–H groups in total. The summed E-state index contributed by atoms with van der Waals surface area (Å²) in [6.45, 7) is 7.38. The summed E-state index contributed by atoms with van der Waals surface area (Å²) in [6, 6.07) is 10.2. The molecule has 0 aliphatic carbocycles. The van der Waals surface area contributed by atoms with E-state index in [4.69, 9.17) is 14.3 Å². The Bertz CT molecular complexity index is 869. The summed E-state index contributed by atoms with van der Waals surface area (Å²) in [5, 5.41) is 11.7. The third kappa shape index (κ3) is 11.5. The second-order valence-corrected chi connectivity index (χ2v) is 8.89. The normalized spacial score (nSPS) is 11.9. The van der Waals surface area contributed by atoms with Gasteiger partial charge < -0.3 is 19.8 Å². The summed E-state index contributed by atoms with van der Waals surface area (Å²) in [5.74, 6) is 2.18. The van der Waals surface area contributed by atoms with Gasteiger partial charge in [0.25, 0.3) is 0 Å². The van der Waals surface area contributed by atoms with E-state index in [1.165, 1.54) is 12.1 Å². The molecule has 0 saturated heterocycles. The van der Waals surface area contributed by atoms with E-state index in [2.05, 4.69) is 29.5 Å². The molecule has 1 aromatic carbocycles. The van der Waals surface area contributed by atoms with Crippen LogP contribution in [-0.2, 0) is 27.7 Å². The van der Waals surface area contributed by atoms with E-state index < -0.39 is 10.0 Å². The van der Waals surface area contributed by atoms with Crippen LogP contribution in [0.3, 0.4) is 0 Å². The second kappa shape index (κ2) is 14.4. The van der Waals surface area contributed by atoms with Crippen LogP contribution in [0.4, 0.5) is 0 Å². The smallest absolute Gasteiger partial charge is 0.238 e. The van der Waals surface area contributed by atoms with E-state index >= 15 is 0 Å². The number of nitrogens with zero attached hydrogens (tertiary/aromatic N) is 1. The molecule has 2 rings (SSSR count). The number of primary sulfonamides is 1. The number of furan rings is 1. The van der Waals surface area contributed by atoms with Gasteiger partial charge in [-0.05, 0) is 42.2 Å². The van der Waals surface area contributed by atoms with Gasteiger partial charge in [0.05, 0.1) is 24.3 Å². The minimum atomic E-state index is -3.69. The van der Waals surface area contributed by atoms with E-state index in [-0.39, 0.29) is 28.9 Å². The number of nitrogens with two attached hydrogens (primary N) is 1. The predicted molar refractivity (Wildman–Crippen MR) is 133 cm³/mol. The highest BCUT2D eigenvalue weighted by Gasteiger charge is 2.07. The summed E-state index contributed by atoms with van der Waals surface area (Å²) >= 11 is 0. The summed E-state index contributed by atoms with van der Waals surface area (Å²) < 4.78 is 33.7. The van der Waals surface area contributed by atoms with Crippen molar-refractivity contribution in [3.05, 3.63) is 54.0 Å². The standard InChI is InChI=1S/C21H32N4O4S.HI/c1-17(2)10-14-28-15-12-24-21(23-11-9-19-4-3-13-29-19)25-16-18-5-7-20(8-6-18)30(22,26)27;/h3-8,13,17H,9-12,14-16H2,1-2H3,(H2,22,26,27)(H2,23,24,25);1H. The number of guanidine groups is 1. The van der Waals surface area contributed by atoms with Crippen molar-refractivity contribution in [1.29, 1.82) is 0 Å². The molecule has 0 unspecified atom stereocenters. The molecule has 10 heteroatoms. The van der Waals surface area contributed by atoms with Gasteiger partial charge in [-0.1, -0.05) is 26.0 Å². The van der Waals surface area contributed by atoms with Gasteiger partial charge in [-0.3, -0.25) is 0 Å². The summed E-state index contributed by atoms with van der Waals surface area (Å²) in [7, 11) is -3.69. The molecular formula is C21H33IN4O4S. The Labute approximate surface area is 202 Å². The first-order chi connectivity index (χ1) is 14.3. The number of nitrogens with one attached hydrogen (secondary N) is 2.